The maximum absolute atomic E-state index is 12.4. The molecule has 3 rings (SSSR count). The number of amides is 1. The highest BCUT2D eigenvalue weighted by Crippen LogP contribution is 2.50. The lowest BCUT2D eigenvalue weighted by Crippen LogP contribution is -2.42. The predicted molar refractivity (Wildman–Crippen MR) is 74.9 cm³/mol. The van der Waals surface area contributed by atoms with Crippen molar-refractivity contribution >= 4 is 11.9 Å². The lowest BCUT2D eigenvalue weighted by atomic mass is 9.82. The Bertz CT molecular complexity index is 453. The Morgan fingerprint density at radius 1 is 1.25 bits per heavy atom. The fraction of sp³-hybridized carbons (Fsp3) is 0.750. The molecular weight excluding hydrogens is 254 g/mol. The predicted octanol–water partition coefficient (Wildman–Crippen LogP) is 2.21. The van der Waals surface area contributed by atoms with Crippen LogP contribution in [0.25, 0.3) is 0 Å². The highest BCUT2D eigenvalue weighted by Gasteiger charge is 2.52. The van der Waals surface area contributed by atoms with E-state index in [1.165, 1.54) is 12.8 Å². The van der Waals surface area contributed by atoms with Gasteiger partial charge in [0.2, 0.25) is 5.91 Å². The Balaban J connectivity index is 1.62. The molecule has 2 fully saturated rings. The summed E-state index contributed by atoms with van der Waals surface area (Å²) in [7, 11) is 0. The molecule has 20 heavy (non-hydrogen) atoms. The van der Waals surface area contributed by atoms with Crippen LogP contribution in [0.1, 0.15) is 39.0 Å². The van der Waals surface area contributed by atoms with Crippen molar-refractivity contribution < 1.29 is 14.7 Å². The van der Waals surface area contributed by atoms with Crippen LogP contribution in [0.3, 0.4) is 0 Å². The maximum Gasteiger partial charge on any atom is 0.307 e. The number of carbonyl (C=O) groups excluding carboxylic acids is 1. The molecule has 0 aromatic carbocycles. The summed E-state index contributed by atoms with van der Waals surface area (Å²) in [6.07, 6.45) is 9.53. The molecule has 2 saturated carbocycles. The van der Waals surface area contributed by atoms with Crippen molar-refractivity contribution in [1.29, 1.82) is 0 Å². The molecular formula is C16H23NO3. The van der Waals surface area contributed by atoms with Crippen LogP contribution < -0.4 is 5.32 Å². The number of nitrogens with one attached hydrogen (secondary N) is 1. The van der Waals surface area contributed by atoms with Crippen molar-refractivity contribution in [2.24, 2.45) is 29.1 Å². The molecule has 110 valence electrons. The molecule has 2 bridgehead atoms. The van der Waals surface area contributed by atoms with Gasteiger partial charge in [-0.1, -0.05) is 25.5 Å². The first kappa shape index (κ1) is 13.7. The molecule has 0 heterocycles. The van der Waals surface area contributed by atoms with Crippen molar-refractivity contribution in [2.45, 2.75) is 39.0 Å². The number of hydrogen-bond donors (Lipinski definition) is 2. The fourth-order valence-corrected chi connectivity index (χ4v) is 4.13. The van der Waals surface area contributed by atoms with Gasteiger partial charge in [-0.25, -0.2) is 0 Å². The van der Waals surface area contributed by atoms with Gasteiger partial charge in [0, 0.05) is 6.54 Å². The third-order valence-electron chi connectivity index (χ3n) is 5.42. The van der Waals surface area contributed by atoms with E-state index in [-0.39, 0.29) is 23.7 Å². The monoisotopic (exact) mass is 277 g/mol. The molecule has 3 aliphatic rings. The summed E-state index contributed by atoms with van der Waals surface area (Å²) in [5.41, 5.74) is 0.316. The molecule has 0 saturated heterocycles. The summed E-state index contributed by atoms with van der Waals surface area (Å²) in [5, 5.41) is 12.4. The summed E-state index contributed by atoms with van der Waals surface area (Å²) < 4.78 is 0. The van der Waals surface area contributed by atoms with Gasteiger partial charge in [-0.3, -0.25) is 9.59 Å². The van der Waals surface area contributed by atoms with Gasteiger partial charge in [0.25, 0.3) is 0 Å². The highest BCUT2D eigenvalue weighted by atomic mass is 16.4. The van der Waals surface area contributed by atoms with Gasteiger partial charge < -0.3 is 10.4 Å². The lowest BCUT2D eigenvalue weighted by Gasteiger charge is -2.25. The van der Waals surface area contributed by atoms with E-state index < -0.39 is 11.9 Å². The molecule has 4 nitrogen and oxygen atoms in total. The molecule has 3 aliphatic carbocycles. The van der Waals surface area contributed by atoms with Crippen molar-refractivity contribution in [3.8, 4) is 0 Å². The van der Waals surface area contributed by atoms with Gasteiger partial charge in [-0.05, 0) is 42.9 Å². The zero-order chi connectivity index (χ0) is 14.3. The molecule has 0 spiro atoms. The molecule has 4 heteroatoms. The van der Waals surface area contributed by atoms with Crippen LogP contribution in [0, 0.1) is 29.1 Å². The van der Waals surface area contributed by atoms with Crippen LogP contribution in [-0.2, 0) is 9.59 Å². The van der Waals surface area contributed by atoms with Gasteiger partial charge in [0.15, 0.2) is 0 Å². The minimum atomic E-state index is -0.823. The van der Waals surface area contributed by atoms with Crippen LogP contribution in [0.15, 0.2) is 12.2 Å². The van der Waals surface area contributed by atoms with Crippen molar-refractivity contribution in [2.75, 3.05) is 6.54 Å². The van der Waals surface area contributed by atoms with Gasteiger partial charge in [0.05, 0.1) is 11.8 Å². The number of hydrogen-bond acceptors (Lipinski definition) is 2. The van der Waals surface area contributed by atoms with Crippen LogP contribution in [0.5, 0.6) is 0 Å². The Hall–Kier alpha value is -1.32. The molecule has 2 N–H and O–H groups in total. The second kappa shape index (κ2) is 4.90. The smallest absolute Gasteiger partial charge is 0.307 e. The lowest BCUT2D eigenvalue weighted by molar-refractivity contribution is -0.147. The zero-order valence-electron chi connectivity index (χ0n) is 12.0. The zero-order valence-corrected chi connectivity index (χ0v) is 12.0. The van der Waals surface area contributed by atoms with Gasteiger partial charge in [-0.15, -0.1) is 0 Å². The number of aliphatic carboxylic acids is 1. The molecule has 0 aliphatic heterocycles. The van der Waals surface area contributed by atoms with E-state index in [4.69, 9.17) is 0 Å². The summed E-state index contributed by atoms with van der Waals surface area (Å²) in [4.78, 5) is 23.8. The number of carbonyl (C=O) groups is 2. The summed E-state index contributed by atoms with van der Waals surface area (Å²) in [5.74, 6) is -1.57. The number of rotatable bonds is 6. The van der Waals surface area contributed by atoms with Gasteiger partial charge >= 0.3 is 5.97 Å². The van der Waals surface area contributed by atoms with E-state index in [0.29, 0.717) is 5.41 Å². The topological polar surface area (TPSA) is 66.4 Å². The first-order valence-corrected chi connectivity index (χ1v) is 7.75. The Morgan fingerprint density at radius 2 is 1.90 bits per heavy atom. The fourth-order valence-electron chi connectivity index (χ4n) is 4.13. The number of allylic oxidation sites excluding steroid dienone is 2. The molecule has 4 unspecified atom stereocenters. The molecule has 4 atom stereocenters. The van der Waals surface area contributed by atoms with Crippen LogP contribution in [0.4, 0.5) is 0 Å². The van der Waals surface area contributed by atoms with Gasteiger partial charge in [-0.2, -0.15) is 0 Å². The summed E-state index contributed by atoms with van der Waals surface area (Å²) in [6.45, 7) is 2.90. The summed E-state index contributed by atoms with van der Waals surface area (Å²) in [6, 6.07) is 0. The van der Waals surface area contributed by atoms with E-state index in [9.17, 15) is 14.7 Å². The molecule has 1 amide bonds. The largest absolute Gasteiger partial charge is 0.481 e. The standard InChI is InChI=1S/C16H23NO3/c1-2-5-16(6-7-16)9-17-14(18)12-10-3-4-11(8-10)13(12)15(19)20/h3-4,10-13H,2,5-9H2,1H3,(H,17,18)(H,19,20). The minimum Gasteiger partial charge on any atom is -0.481 e. The number of fused-ring (bicyclic) bond motifs is 2. The first-order chi connectivity index (χ1) is 9.56. The Labute approximate surface area is 119 Å². The normalized spacial score (nSPS) is 36.0. The Morgan fingerprint density at radius 3 is 2.45 bits per heavy atom. The first-order valence-electron chi connectivity index (χ1n) is 7.75. The highest BCUT2D eigenvalue weighted by molar-refractivity contribution is 5.86. The van der Waals surface area contributed by atoms with Crippen molar-refractivity contribution in [3.63, 3.8) is 0 Å². The van der Waals surface area contributed by atoms with Crippen LogP contribution >= 0.6 is 0 Å². The van der Waals surface area contributed by atoms with E-state index in [2.05, 4.69) is 12.2 Å². The van der Waals surface area contributed by atoms with E-state index in [1.54, 1.807) is 0 Å². The second-order valence-corrected chi connectivity index (χ2v) is 6.81. The third-order valence-corrected chi connectivity index (χ3v) is 5.42. The SMILES string of the molecule is CCCC1(CNC(=O)C2C3C=CC(C3)C2C(=O)O)CC1. The van der Waals surface area contributed by atoms with Gasteiger partial charge in [0.1, 0.15) is 0 Å². The third kappa shape index (κ3) is 2.25. The minimum absolute atomic E-state index is 0.0448. The quantitative estimate of drug-likeness (QED) is 0.731. The van der Waals surface area contributed by atoms with Crippen molar-refractivity contribution in [1.82, 2.24) is 5.32 Å². The van der Waals surface area contributed by atoms with Crippen molar-refractivity contribution in [3.05, 3.63) is 12.2 Å². The molecule has 0 aromatic heterocycles. The molecule has 0 radical (unpaired) electrons. The van der Waals surface area contributed by atoms with E-state index >= 15 is 0 Å². The van der Waals surface area contributed by atoms with Crippen LogP contribution in [0.2, 0.25) is 0 Å². The summed E-state index contributed by atoms with van der Waals surface area (Å²) >= 11 is 0. The molecule has 0 aromatic rings. The second-order valence-electron chi connectivity index (χ2n) is 6.81. The average molecular weight is 277 g/mol. The number of carboxylic acids is 1. The van der Waals surface area contributed by atoms with E-state index in [0.717, 1.165) is 25.8 Å². The average Bonchev–Trinajstić information content (AvgIpc) is 2.87. The van der Waals surface area contributed by atoms with Crippen LogP contribution in [-0.4, -0.2) is 23.5 Å². The number of carboxylic acid groups (broad SMARTS) is 1. The Kier molecular flexibility index (Phi) is 3.35. The van der Waals surface area contributed by atoms with E-state index in [1.807, 2.05) is 12.2 Å². The maximum atomic E-state index is 12.4.